The molecule has 1 aliphatic carbocycles. The number of primary amides is 1. The summed E-state index contributed by atoms with van der Waals surface area (Å²) in [5, 5.41) is 5.94. The molecule has 3 aliphatic rings. The first-order valence-electron chi connectivity index (χ1n) is 14.0. The van der Waals surface area contributed by atoms with Crippen LogP contribution in [0.1, 0.15) is 53.1 Å². The highest BCUT2D eigenvalue weighted by atomic mass is 16.5. The van der Waals surface area contributed by atoms with Crippen LogP contribution in [0.4, 0.5) is 0 Å². The summed E-state index contributed by atoms with van der Waals surface area (Å²) in [5.74, 6) is 1.16. The minimum atomic E-state index is -0.441. The summed E-state index contributed by atoms with van der Waals surface area (Å²) < 4.78 is 14.2. The van der Waals surface area contributed by atoms with Gasteiger partial charge in [0.05, 0.1) is 25.3 Å². The molecule has 39 heavy (non-hydrogen) atoms. The van der Waals surface area contributed by atoms with Crippen molar-refractivity contribution < 1.29 is 14.3 Å². The number of nitrogens with two attached hydrogens (primary N) is 1. The van der Waals surface area contributed by atoms with Gasteiger partial charge in [0.25, 0.3) is 0 Å². The highest BCUT2D eigenvalue weighted by molar-refractivity contribution is 6.01. The van der Waals surface area contributed by atoms with Gasteiger partial charge in [0.15, 0.2) is 0 Å². The monoisotopic (exact) mass is 522 g/mol. The second-order valence-electron chi connectivity index (χ2n) is 11.4. The van der Waals surface area contributed by atoms with E-state index in [0.29, 0.717) is 24.2 Å². The van der Waals surface area contributed by atoms with Crippen LogP contribution < -0.4 is 10.5 Å². The molecule has 3 fully saturated rings. The van der Waals surface area contributed by atoms with Crippen LogP contribution in [0.2, 0.25) is 0 Å². The van der Waals surface area contributed by atoms with Crippen molar-refractivity contribution >= 4 is 16.8 Å². The molecule has 3 heterocycles. The van der Waals surface area contributed by atoms with Gasteiger partial charge in [0.1, 0.15) is 17.5 Å². The van der Waals surface area contributed by atoms with E-state index in [-0.39, 0.29) is 6.10 Å². The molecule has 2 saturated heterocycles. The van der Waals surface area contributed by atoms with Gasteiger partial charge in [0.2, 0.25) is 5.91 Å². The quantitative estimate of drug-likeness (QED) is 0.371. The van der Waals surface area contributed by atoms with Crippen molar-refractivity contribution in [3.05, 3.63) is 83.4 Å². The van der Waals surface area contributed by atoms with Crippen LogP contribution in [0, 0.1) is 0 Å². The summed E-state index contributed by atoms with van der Waals surface area (Å²) in [6, 6.07) is 23.5. The zero-order valence-electron chi connectivity index (χ0n) is 22.3. The lowest BCUT2D eigenvalue weighted by atomic mass is 9.92. The number of fused-ring (bicyclic) bond motifs is 3. The Morgan fingerprint density at radius 3 is 2.38 bits per heavy atom. The van der Waals surface area contributed by atoms with Crippen molar-refractivity contribution in [3.63, 3.8) is 0 Å². The van der Waals surface area contributed by atoms with Crippen LogP contribution in [0.5, 0.6) is 5.75 Å². The van der Waals surface area contributed by atoms with Crippen LogP contribution in [-0.4, -0.2) is 59.0 Å². The van der Waals surface area contributed by atoms with Gasteiger partial charge < -0.3 is 15.2 Å². The number of amides is 1. The lowest BCUT2D eigenvalue weighted by molar-refractivity contribution is -0.0879. The number of hydrogen-bond donors (Lipinski definition) is 1. The number of aromatic nitrogens is 2. The van der Waals surface area contributed by atoms with Gasteiger partial charge in [0, 0.05) is 41.4 Å². The van der Waals surface area contributed by atoms with E-state index in [1.165, 1.54) is 24.0 Å². The Morgan fingerprint density at radius 1 is 1.00 bits per heavy atom. The third-order valence-electron chi connectivity index (χ3n) is 8.67. The molecule has 1 aromatic heterocycles. The maximum Gasteiger partial charge on any atom is 0.248 e. The summed E-state index contributed by atoms with van der Waals surface area (Å²) in [4.78, 5) is 14.4. The highest BCUT2D eigenvalue weighted by Gasteiger charge is 2.37. The molecule has 1 saturated carbocycles. The lowest BCUT2D eigenvalue weighted by Gasteiger charge is -2.46. The molecule has 2 atom stereocenters. The number of carbonyl (C=O) groups is 1. The normalized spacial score (nSPS) is 23.2. The predicted octanol–water partition coefficient (Wildman–Crippen LogP) is 4.97. The van der Waals surface area contributed by atoms with Gasteiger partial charge in [-0.25, -0.2) is 0 Å². The Morgan fingerprint density at radius 2 is 1.72 bits per heavy atom. The standard InChI is InChI=1S/C32H34N4O3/c1-35-25-15-28(16-26(35)19-38-18-25)39-27-11-8-23(9-12-27)31-29-14-24(32(33)37)10-13-30(29)36(34-31)17-20-2-4-21(5-3-20)22-6-7-22/h2-5,8-14,22,25-26,28H,6-7,15-19H2,1H3,(H2,33,37). The smallest absolute Gasteiger partial charge is 0.248 e. The second kappa shape index (κ2) is 9.81. The van der Waals surface area contributed by atoms with Crippen molar-refractivity contribution in [2.75, 3.05) is 20.3 Å². The van der Waals surface area contributed by atoms with Crippen LogP contribution in [-0.2, 0) is 11.3 Å². The molecule has 4 aromatic rings. The number of carbonyl (C=O) groups excluding carboxylic acids is 1. The molecular weight excluding hydrogens is 488 g/mol. The number of hydrogen-bond acceptors (Lipinski definition) is 5. The van der Waals surface area contributed by atoms with Crippen LogP contribution in [0.25, 0.3) is 22.2 Å². The largest absolute Gasteiger partial charge is 0.490 e. The van der Waals surface area contributed by atoms with Gasteiger partial charge in [-0.2, -0.15) is 5.10 Å². The zero-order chi connectivity index (χ0) is 26.5. The molecule has 0 spiro atoms. The van der Waals surface area contributed by atoms with Crippen LogP contribution in [0.3, 0.4) is 0 Å². The summed E-state index contributed by atoms with van der Waals surface area (Å²) >= 11 is 0. The van der Waals surface area contributed by atoms with Gasteiger partial charge in [-0.3, -0.25) is 14.4 Å². The average molecular weight is 523 g/mol. The fourth-order valence-electron chi connectivity index (χ4n) is 6.18. The maximum atomic E-state index is 12.0. The van der Waals surface area contributed by atoms with E-state index in [0.717, 1.165) is 59.9 Å². The molecule has 0 radical (unpaired) electrons. The average Bonchev–Trinajstić information content (AvgIpc) is 3.72. The van der Waals surface area contributed by atoms with Crippen LogP contribution in [0.15, 0.2) is 66.7 Å². The number of nitrogens with zero attached hydrogens (tertiary/aromatic N) is 3. The van der Waals surface area contributed by atoms with E-state index in [4.69, 9.17) is 20.3 Å². The number of morpholine rings is 1. The number of likely N-dealkylation sites (N-methyl/N-ethyl adjacent to an activating group) is 1. The van der Waals surface area contributed by atoms with Crippen molar-refractivity contribution in [1.82, 2.24) is 14.7 Å². The van der Waals surface area contributed by atoms with Gasteiger partial charge in [-0.05, 0) is 79.4 Å². The van der Waals surface area contributed by atoms with Crippen LogP contribution >= 0.6 is 0 Å². The summed E-state index contributed by atoms with van der Waals surface area (Å²) in [6.45, 7) is 2.21. The Hall–Kier alpha value is -3.68. The van der Waals surface area contributed by atoms with E-state index >= 15 is 0 Å². The Labute approximate surface area is 228 Å². The van der Waals surface area contributed by atoms with E-state index in [1.807, 2.05) is 28.9 Å². The lowest BCUT2D eigenvalue weighted by Crippen LogP contribution is -2.57. The molecule has 1 amide bonds. The molecule has 3 aromatic carbocycles. The van der Waals surface area contributed by atoms with Crippen molar-refractivity contribution in [2.45, 2.75) is 56.3 Å². The van der Waals surface area contributed by atoms with Gasteiger partial charge in [-0.1, -0.05) is 24.3 Å². The Kier molecular flexibility index (Phi) is 6.13. The molecule has 2 unspecified atom stereocenters. The topological polar surface area (TPSA) is 82.6 Å². The second-order valence-corrected chi connectivity index (χ2v) is 11.4. The summed E-state index contributed by atoms with van der Waals surface area (Å²) in [5.41, 5.74) is 11.5. The first-order valence-corrected chi connectivity index (χ1v) is 14.0. The summed E-state index contributed by atoms with van der Waals surface area (Å²) in [7, 11) is 2.19. The Bertz CT molecular complexity index is 1490. The molecule has 2 N–H and O–H groups in total. The van der Waals surface area contributed by atoms with Crippen molar-refractivity contribution in [2.24, 2.45) is 5.73 Å². The molecule has 7 rings (SSSR count). The Balaban J connectivity index is 1.16. The van der Waals surface area contributed by atoms with Gasteiger partial charge in [-0.15, -0.1) is 0 Å². The number of rotatable bonds is 7. The maximum absolute atomic E-state index is 12.0. The third-order valence-corrected chi connectivity index (χ3v) is 8.67. The van der Waals surface area contributed by atoms with E-state index in [2.05, 4.69) is 48.3 Å². The summed E-state index contributed by atoms with van der Waals surface area (Å²) in [6.07, 6.45) is 4.73. The SMILES string of the molecule is CN1C2COCC1CC(Oc1ccc(-c3nn(Cc4ccc(C5CC5)cc4)c4ccc(C(N)=O)cc34)cc1)C2. The minimum Gasteiger partial charge on any atom is -0.490 e. The van der Waals surface area contributed by atoms with Gasteiger partial charge >= 0.3 is 0 Å². The molecule has 2 bridgehead atoms. The van der Waals surface area contributed by atoms with E-state index in [9.17, 15) is 4.79 Å². The zero-order valence-corrected chi connectivity index (χ0v) is 22.3. The molecule has 7 nitrogen and oxygen atoms in total. The van der Waals surface area contributed by atoms with E-state index in [1.54, 1.807) is 6.07 Å². The number of piperidine rings is 1. The minimum absolute atomic E-state index is 0.190. The molecule has 2 aliphatic heterocycles. The first-order chi connectivity index (χ1) is 19.0. The molecule has 200 valence electrons. The fourth-order valence-corrected chi connectivity index (χ4v) is 6.18. The number of benzene rings is 3. The highest BCUT2D eigenvalue weighted by Crippen LogP contribution is 2.40. The fraction of sp³-hybridized carbons (Fsp3) is 0.375. The van der Waals surface area contributed by atoms with Crippen molar-refractivity contribution in [1.29, 1.82) is 0 Å². The van der Waals surface area contributed by atoms with Crippen molar-refractivity contribution in [3.8, 4) is 17.0 Å². The van der Waals surface area contributed by atoms with E-state index < -0.39 is 5.91 Å². The first kappa shape index (κ1) is 24.4. The third kappa shape index (κ3) is 4.81. The number of ether oxygens (including phenoxy) is 2. The molecule has 7 heteroatoms. The predicted molar refractivity (Wildman–Crippen MR) is 151 cm³/mol. The molecular formula is C32H34N4O3.